The topological polar surface area (TPSA) is 55.8 Å². The molecule has 5 heteroatoms. The van der Waals surface area contributed by atoms with Gasteiger partial charge in [-0.3, -0.25) is 9.59 Å². The Kier molecular flexibility index (Phi) is 3.91. The number of fused-ring (bicyclic) bond motifs is 1. The lowest BCUT2D eigenvalue weighted by molar-refractivity contribution is -0.155. The van der Waals surface area contributed by atoms with E-state index in [1.807, 2.05) is 54.3 Å². The van der Waals surface area contributed by atoms with Crippen LogP contribution in [0.5, 0.6) is 0 Å². The number of likely N-dealkylation sites (tertiary alicyclic amines) is 1. The van der Waals surface area contributed by atoms with Gasteiger partial charge in [0.15, 0.2) is 0 Å². The number of benzene rings is 1. The third-order valence-corrected chi connectivity index (χ3v) is 5.75. The van der Waals surface area contributed by atoms with Crippen molar-refractivity contribution in [2.75, 3.05) is 6.54 Å². The molecule has 1 spiro atoms. The van der Waals surface area contributed by atoms with E-state index >= 15 is 0 Å². The fourth-order valence-electron chi connectivity index (χ4n) is 4.22. The van der Waals surface area contributed by atoms with E-state index in [2.05, 4.69) is 6.92 Å². The Hall–Kier alpha value is -2.14. The lowest BCUT2D eigenvalue weighted by Gasteiger charge is -2.26. The summed E-state index contributed by atoms with van der Waals surface area (Å²) in [4.78, 5) is 27.6. The van der Waals surface area contributed by atoms with Crippen LogP contribution in [-0.4, -0.2) is 41.1 Å². The van der Waals surface area contributed by atoms with Crippen molar-refractivity contribution in [1.82, 2.24) is 4.90 Å². The molecule has 0 aliphatic carbocycles. The maximum Gasteiger partial charge on any atom is 0.313 e. The van der Waals surface area contributed by atoms with Gasteiger partial charge < -0.3 is 14.4 Å². The lowest BCUT2D eigenvalue weighted by Crippen LogP contribution is -2.41. The van der Waals surface area contributed by atoms with Gasteiger partial charge in [0.2, 0.25) is 5.91 Å². The Morgan fingerprint density at radius 3 is 2.88 bits per heavy atom. The first-order valence-corrected chi connectivity index (χ1v) is 8.94. The summed E-state index contributed by atoms with van der Waals surface area (Å²) >= 11 is 0. The minimum absolute atomic E-state index is 0.0165. The van der Waals surface area contributed by atoms with Crippen LogP contribution in [0.15, 0.2) is 42.5 Å². The molecule has 3 aliphatic rings. The van der Waals surface area contributed by atoms with Gasteiger partial charge in [-0.25, -0.2) is 0 Å². The monoisotopic (exact) mass is 341 g/mol. The molecule has 1 amide bonds. The first-order chi connectivity index (χ1) is 12.1. The molecule has 2 saturated heterocycles. The molecule has 25 heavy (non-hydrogen) atoms. The second-order valence-electron chi connectivity index (χ2n) is 7.22. The zero-order chi connectivity index (χ0) is 17.6. The van der Waals surface area contributed by atoms with Gasteiger partial charge >= 0.3 is 5.97 Å². The van der Waals surface area contributed by atoms with Gasteiger partial charge in [0.1, 0.15) is 18.1 Å². The van der Waals surface area contributed by atoms with E-state index < -0.39 is 17.4 Å². The highest BCUT2D eigenvalue weighted by Gasteiger charge is 2.67. The predicted molar refractivity (Wildman–Crippen MR) is 91.4 cm³/mol. The highest BCUT2D eigenvalue weighted by Crippen LogP contribution is 2.52. The fourth-order valence-corrected chi connectivity index (χ4v) is 4.22. The number of ether oxygens (including phenoxy) is 2. The van der Waals surface area contributed by atoms with Gasteiger partial charge in [-0.15, -0.1) is 0 Å². The van der Waals surface area contributed by atoms with Crippen molar-refractivity contribution in [2.45, 2.75) is 44.6 Å². The van der Waals surface area contributed by atoms with Crippen LogP contribution in [0.4, 0.5) is 0 Å². The highest BCUT2D eigenvalue weighted by molar-refractivity contribution is 5.91. The molecule has 1 aromatic carbocycles. The van der Waals surface area contributed by atoms with E-state index in [1.165, 1.54) is 0 Å². The molecule has 0 radical (unpaired) electrons. The molecule has 5 nitrogen and oxygen atoms in total. The smallest absolute Gasteiger partial charge is 0.313 e. The molecule has 4 rings (SSSR count). The molecule has 0 unspecified atom stereocenters. The van der Waals surface area contributed by atoms with Gasteiger partial charge in [0.25, 0.3) is 0 Å². The maximum atomic E-state index is 13.0. The lowest BCUT2D eigenvalue weighted by atomic mass is 9.77. The Bertz CT molecular complexity index is 716. The van der Waals surface area contributed by atoms with Crippen molar-refractivity contribution in [1.29, 1.82) is 0 Å². The molecular weight excluding hydrogens is 318 g/mol. The molecule has 3 aliphatic heterocycles. The maximum absolute atomic E-state index is 13.0. The summed E-state index contributed by atoms with van der Waals surface area (Å²) in [6.45, 7) is 4.84. The number of hydrogen-bond donors (Lipinski definition) is 0. The van der Waals surface area contributed by atoms with Crippen LogP contribution in [0, 0.1) is 11.8 Å². The van der Waals surface area contributed by atoms with Crippen molar-refractivity contribution in [3.05, 3.63) is 48.0 Å². The van der Waals surface area contributed by atoms with E-state index in [1.54, 1.807) is 0 Å². The van der Waals surface area contributed by atoms with Crippen LogP contribution in [0.3, 0.4) is 0 Å². The van der Waals surface area contributed by atoms with E-state index in [4.69, 9.17) is 9.47 Å². The number of amides is 1. The van der Waals surface area contributed by atoms with E-state index in [0.717, 1.165) is 12.0 Å². The number of hydrogen-bond acceptors (Lipinski definition) is 4. The molecule has 1 aromatic rings. The quantitative estimate of drug-likeness (QED) is 0.609. The summed E-state index contributed by atoms with van der Waals surface area (Å²) in [5, 5.41) is 0. The normalized spacial score (nSPS) is 33.6. The number of carbonyl (C=O) groups is 2. The summed E-state index contributed by atoms with van der Waals surface area (Å²) in [5.41, 5.74) is 0.283. The summed E-state index contributed by atoms with van der Waals surface area (Å²) < 4.78 is 11.6. The van der Waals surface area contributed by atoms with Crippen molar-refractivity contribution >= 4 is 11.9 Å². The second-order valence-corrected chi connectivity index (χ2v) is 7.22. The van der Waals surface area contributed by atoms with Crippen LogP contribution in [0.1, 0.15) is 25.8 Å². The molecule has 2 fully saturated rings. The first-order valence-electron chi connectivity index (χ1n) is 8.94. The van der Waals surface area contributed by atoms with Crippen LogP contribution in [0.2, 0.25) is 0 Å². The largest absolute Gasteiger partial charge is 0.460 e. The highest BCUT2D eigenvalue weighted by atomic mass is 16.6. The number of esters is 1. The Morgan fingerprint density at radius 2 is 2.16 bits per heavy atom. The number of carbonyl (C=O) groups excluding carboxylic acids is 2. The van der Waals surface area contributed by atoms with Crippen molar-refractivity contribution in [2.24, 2.45) is 11.8 Å². The second kappa shape index (κ2) is 5.99. The Morgan fingerprint density at radius 1 is 1.40 bits per heavy atom. The summed E-state index contributed by atoms with van der Waals surface area (Å²) in [7, 11) is 0. The van der Waals surface area contributed by atoms with Crippen molar-refractivity contribution in [3.63, 3.8) is 0 Å². The van der Waals surface area contributed by atoms with Crippen LogP contribution in [0.25, 0.3) is 0 Å². The predicted octanol–water partition coefficient (Wildman–Crippen LogP) is 2.31. The molecule has 5 atom stereocenters. The molecule has 0 N–H and O–H groups in total. The van der Waals surface area contributed by atoms with Gasteiger partial charge in [-0.2, -0.15) is 0 Å². The van der Waals surface area contributed by atoms with E-state index in [9.17, 15) is 9.59 Å². The Balaban J connectivity index is 1.52. The molecule has 0 aromatic heterocycles. The molecule has 0 saturated carbocycles. The SMILES string of the molecule is CC[C@H](C)N1C[C@@]23C=C[C@H](O2)[C@H](C(=O)OCc2ccccc2)[C@H]3C1=O. The zero-order valence-corrected chi connectivity index (χ0v) is 14.6. The van der Waals surface area contributed by atoms with Crippen LogP contribution in [-0.2, 0) is 25.7 Å². The van der Waals surface area contributed by atoms with Gasteiger partial charge in [-0.05, 0) is 18.9 Å². The van der Waals surface area contributed by atoms with Crippen molar-refractivity contribution in [3.8, 4) is 0 Å². The van der Waals surface area contributed by atoms with Gasteiger partial charge in [0, 0.05) is 6.04 Å². The average Bonchev–Trinajstić information content (AvgIpc) is 3.28. The standard InChI is InChI=1S/C20H23NO4/c1-3-13(2)21-12-20-10-9-15(25-20)16(17(20)18(21)22)19(23)24-11-14-7-5-4-6-8-14/h4-10,13,15-17H,3,11-12H2,1-2H3/t13-,15-,16-,17-,20+/m0/s1. The molecule has 3 heterocycles. The minimum Gasteiger partial charge on any atom is -0.460 e. The summed E-state index contributed by atoms with van der Waals surface area (Å²) in [6, 6.07) is 9.71. The first kappa shape index (κ1) is 16.3. The van der Waals surface area contributed by atoms with Crippen LogP contribution < -0.4 is 0 Å². The van der Waals surface area contributed by atoms with Gasteiger partial charge in [0.05, 0.1) is 18.6 Å². The third kappa shape index (κ3) is 2.49. The zero-order valence-electron chi connectivity index (χ0n) is 14.6. The fraction of sp³-hybridized carbons (Fsp3) is 0.500. The van der Waals surface area contributed by atoms with Gasteiger partial charge in [-0.1, -0.05) is 49.4 Å². The summed E-state index contributed by atoms with van der Waals surface area (Å²) in [6.07, 6.45) is 4.42. The number of nitrogens with zero attached hydrogens (tertiary/aromatic N) is 1. The number of rotatable bonds is 5. The third-order valence-electron chi connectivity index (χ3n) is 5.75. The minimum atomic E-state index is -0.651. The molecule has 2 bridgehead atoms. The average molecular weight is 341 g/mol. The Labute approximate surface area is 147 Å². The molecule has 132 valence electrons. The molecular formula is C20H23NO4. The van der Waals surface area contributed by atoms with Crippen molar-refractivity contribution < 1.29 is 19.1 Å². The van der Waals surface area contributed by atoms with E-state index in [0.29, 0.717) is 6.54 Å². The van der Waals surface area contributed by atoms with Crippen LogP contribution >= 0.6 is 0 Å². The van der Waals surface area contributed by atoms with E-state index in [-0.39, 0.29) is 30.6 Å². The summed E-state index contributed by atoms with van der Waals surface area (Å²) in [5.74, 6) is -1.33.